The van der Waals surface area contributed by atoms with Crippen molar-refractivity contribution in [3.8, 4) is 0 Å². The molecule has 1 rings (SSSR count). The summed E-state index contributed by atoms with van der Waals surface area (Å²) in [4.78, 5) is 11.7. The summed E-state index contributed by atoms with van der Waals surface area (Å²) in [6.45, 7) is 1.18. The summed E-state index contributed by atoms with van der Waals surface area (Å²) in [5.41, 5.74) is 6.10. The third kappa shape index (κ3) is 4.39. The molecule has 0 heterocycles. The van der Waals surface area contributed by atoms with Crippen molar-refractivity contribution in [2.75, 3.05) is 18.9 Å². The Bertz CT molecular complexity index is 428. The van der Waals surface area contributed by atoms with Crippen LogP contribution in [0.25, 0.3) is 6.08 Å². The molecule has 0 radical (unpaired) electrons. The van der Waals surface area contributed by atoms with Crippen LogP contribution in [-0.4, -0.2) is 34.9 Å². The van der Waals surface area contributed by atoms with Crippen molar-refractivity contribution in [2.24, 2.45) is 0 Å². The summed E-state index contributed by atoms with van der Waals surface area (Å²) in [6.07, 6.45) is 3.45. The van der Waals surface area contributed by atoms with E-state index in [-0.39, 0.29) is 19.1 Å². The van der Waals surface area contributed by atoms with Crippen LogP contribution < -0.4 is 11.1 Å². The number of aliphatic hydroxyl groups is 2. The Morgan fingerprint density at radius 1 is 1.32 bits per heavy atom. The second-order valence-electron chi connectivity index (χ2n) is 4.44. The highest BCUT2D eigenvalue weighted by atomic mass is 16.3. The van der Waals surface area contributed by atoms with Crippen LogP contribution in [0.3, 0.4) is 0 Å². The van der Waals surface area contributed by atoms with Crippen molar-refractivity contribution in [1.82, 2.24) is 5.32 Å². The van der Waals surface area contributed by atoms with Gasteiger partial charge in [-0.15, -0.1) is 0 Å². The van der Waals surface area contributed by atoms with Crippen LogP contribution in [0, 0.1) is 0 Å². The minimum atomic E-state index is -0.970. The molecular formula is C14H20N2O3. The first-order valence-corrected chi connectivity index (χ1v) is 6.13. The maximum Gasteiger partial charge on any atom is 0.244 e. The minimum absolute atomic E-state index is 0.304. The average molecular weight is 264 g/mol. The molecule has 0 saturated carbocycles. The van der Waals surface area contributed by atoms with Crippen molar-refractivity contribution in [2.45, 2.75) is 18.9 Å². The van der Waals surface area contributed by atoms with Gasteiger partial charge in [0.05, 0.1) is 18.8 Å². The fraction of sp³-hybridized carbons (Fsp3) is 0.357. The molecule has 5 nitrogen and oxygen atoms in total. The first-order valence-electron chi connectivity index (χ1n) is 6.13. The molecule has 1 aromatic rings. The van der Waals surface area contributed by atoms with Crippen molar-refractivity contribution >= 4 is 17.7 Å². The number of carbonyl (C=O) groups excluding carboxylic acids is 1. The first kappa shape index (κ1) is 15.2. The Hall–Kier alpha value is -1.85. The van der Waals surface area contributed by atoms with E-state index in [1.54, 1.807) is 37.3 Å². The lowest BCUT2D eigenvalue weighted by Crippen LogP contribution is -2.53. The topological polar surface area (TPSA) is 95.6 Å². The molecule has 0 bridgehead atoms. The van der Waals surface area contributed by atoms with E-state index >= 15 is 0 Å². The molecule has 104 valence electrons. The normalized spacial score (nSPS) is 11.7. The van der Waals surface area contributed by atoms with Gasteiger partial charge in [0.15, 0.2) is 0 Å². The molecule has 5 N–H and O–H groups in total. The third-order valence-electron chi connectivity index (χ3n) is 3.03. The average Bonchev–Trinajstić information content (AvgIpc) is 2.44. The van der Waals surface area contributed by atoms with Crippen LogP contribution in [0.1, 0.15) is 18.9 Å². The van der Waals surface area contributed by atoms with Gasteiger partial charge in [-0.05, 0) is 30.2 Å². The Morgan fingerprint density at radius 3 is 2.37 bits per heavy atom. The van der Waals surface area contributed by atoms with Crippen molar-refractivity contribution in [3.63, 3.8) is 0 Å². The van der Waals surface area contributed by atoms with Gasteiger partial charge < -0.3 is 21.3 Å². The van der Waals surface area contributed by atoms with Gasteiger partial charge in [-0.1, -0.05) is 19.1 Å². The number of nitrogens with two attached hydrogens (primary N) is 1. The molecule has 19 heavy (non-hydrogen) atoms. The second kappa shape index (κ2) is 6.92. The van der Waals surface area contributed by atoms with Gasteiger partial charge in [0.25, 0.3) is 0 Å². The number of benzene rings is 1. The number of nitrogen functional groups attached to an aromatic ring is 1. The monoisotopic (exact) mass is 264 g/mol. The van der Waals surface area contributed by atoms with E-state index in [1.165, 1.54) is 6.08 Å². The van der Waals surface area contributed by atoms with Gasteiger partial charge in [-0.2, -0.15) is 0 Å². The largest absolute Gasteiger partial charge is 0.399 e. The molecule has 0 aromatic heterocycles. The predicted octanol–water partition coefficient (Wildman–Crippen LogP) is 0.532. The van der Waals surface area contributed by atoms with Crippen molar-refractivity contribution in [3.05, 3.63) is 35.9 Å². The fourth-order valence-corrected chi connectivity index (χ4v) is 1.52. The second-order valence-corrected chi connectivity index (χ2v) is 4.44. The summed E-state index contributed by atoms with van der Waals surface area (Å²) in [5, 5.41) is 21.1. The molecule has 1 aromatic carbocycles. The molecule has 0 aliphatic heterocycles. The zero-order valence-corrected chi connectivity index (χ0v) is 11.0. The number of rotatable bonds is 6. The summed E-state index contributed by atoms with van der Waals surface area (Å²) in [5.74, 6) is -0.359. The summed E-state index contributed by atoms with van der Waals surface area (Å²) >= 11 is 0. The zero-order chi connectivity index (χ0) is 14.3. The maximum atomic E-state index is 11.7. The van der Waals surface area contributed by atoms with E-state index in [2.05, 4.69) is 5.32 Å². The highest BCUT2D eigenvalue weighted by Gasteiger charge is 2.27. The van der Waals surface area contributed by atoms with E-state index in [0.29, 0.717) is 12.1 Å². The van der Waals surface area contributed by atoms with Crippen LogP contribution in [0.5, 0.6) is 0 Å². The Morgan fingerprint density at radius 2 is 1.89 bits per heavy atom. The highest BCUT2D eigenvalue weighted by molar-refractivity contribution is 5.92. The van der Waals surface area contributed by atoms with E-state index in [0.717, 1.165) is 5.56 Å². The molecule has 1 amide bonds. The Labute approximate surface area is 112 Å². The molecule has 0 fully saturated rings. The number of hydrogen-bond donors (Lipinski definition) is 4. The summed E-state index contributed by atoms with van der Waals surface area (Å²) in [7, 11) is 0. The standard InChI is InChI=1S/C14H20N2O3/c1-2-14(9-17,10-18)16-13(19)8-5-11-3-6-12(15)7-4-11/h3-8,17-18H,2,9-10,15H2,1H3,(H,16,19)/b8-5+. The van der Waals surface area contributed by atoms with E-state index in [4.69, 9.17) is 5.73 Å². The lowest BCUT2D eigenvalue weighted by Gasteiger charge is -2.28. The van der Waals surface area contributed by atoms with Crippen LogP contribution >= 0.6 is 0 Å². The molecule has 0 aliphatic rings. The van der Waals surface area contributed by atoms with Gasteiger partial charge in [0.2, 0.25) is 5.91 Å². The molecule has 0 saturated heterocycles. The molecular weight excluding hydrogens is 244 g/mol. The van der Waals surface area contributed by atoms with E-state index in [1.807, 2.05) is 0 Å². The van der Waals surface area contributed by atoms with Gasteiger partial charge >= 0.3 is 0 Å². The SMILES string of the molecule is CCC(CO)(CO)NC(=O)/C=C/c1ccc(N)cc1. The van der Waals surface area contributed by atoms with Crippen molar-refractivity contribution in [1.29, 1.82) is 0 Å². The van der Waals surface area contributed by atoms with Crippen LogP contribution in [-0.2, 0) is 4.79 Å². The molecule has 5 heteroatoms. The highest BCUT2D eigenvalue weighted by Crippen LogP contribution is 2.09. The number of anilines is 1. The van der Waals surface area contributed by atoms with Gasteiger partial charge in [0.1, 0.15) is 0 Å². The zero-order valence-electron chi connectivity index (χ0n) is 11.0. The molecule has 0 spiro atoms. The number of carbonyl (C=O) groups is 1. The number of nitrogens with one attached hydrogen (secondary N) is 1. The fourth-order valence-electron chi connectivity index (χ4n) is 1.52. The molecule has 0 unspecified atom stereocenters. The van der Waals surface area contributed by atoms with Crippen LogP contribution in [0.4, 0.5) is 5.69 Å². The minimum Gasteiger partial charge on any atom is -0.399 e. The molecule has 0 aliphatic carbocycles. The first-order chi connectivity index (χ1) is 9.05. The quantitative estimate of drug-likeness (QED) is 0.445. The van der Waals surface area contributed by atoms with Crippen molar-refractivity contribution < 1.29 is 15.0 Å². The molecule has 0 atom stereocenters. The van der Waals surface area contributed by atoms with Crippen LogP contribution in [0.15, 0.2) is 30.3 Å². The lowest BCUT2D eigenvalue weighted by atomic mass is 9.98. The lowest BCUT2D eigenvalue weighted by molar-refractivity contribution is -0.119. The van der Waals surface area contributed by atoms with Gasteiger partial charge in [-0.25, -0.2) is 0 Å². The number of amides is 1. The summed E-state index contributed by atoms with van der Waals surface area (Å²) < 4.78 is 0. The van der Waals surface area contributed by atoms with Crippen LogP contribution in [0.2, 0.25) is 0 Å². The smallest absolute Gasteiger partial charge is 0.244 e. The number of aliphatic hydroxyl groups excluding tert-OH is 2. The Balaban J connectivity index is 2.66. The maximum absolute atomic E-state index is 11.7. The Kier molecular flexibility index (Phi) is 5.54. The predicted molar refractivity (Wildman–Crippen MR) is 75.2 cm³/mol. The van der Waals surface area contributed by atoms with E-state index in [9.17, 15) is 15.0 Å². The number of hydrogen-bond acceptors (Lipinski definition) is 4. The summed E-state index contributed by atoms with van der Waals surface area (Å²) in [6, 6.07) is 7.08. The van der Waals surface area contributed by atoms with Gasteiger partial charge in [0, 0.05) is 11.8 Å². The van der Waals surface area contributed by atoms with E-state index < -0.39 is 5.54 Å². The van der Waals surface area contributed by atoms with Gasteiger partial charge in [-0.3, -0.25) is 4.79 Å². The third-order valence-corrected chi connectivity index (χ3v) is 3.03.